The van der Waals surface area contributed by atoms with E-state index in [1.54, 1.807) is 0 Å². The van der Waals surface area contributed by atoms with Gasteiger partial charge >= 0.3 is 5.97 Å². The summed E-state index contributed by atoms with van der Waals surface area (Å²) in [4.78, 5) is 12.5. The van der Waals surface area contributed by atoms with Crippen molar-refractivity contribution in [2.24, 2.45) is 0 Å². The first-order valence-electron chi connectivity index (χ1n) is 6.14. The van der Waals surface area contributed by atoms with Crippen molar-refractivity contribution in [1.82, 2.24) is 4.90 Å². The fraction of sp³-hybridized carbons (Fsp3) is 0.917. The molecule has 0 aromatic rings. The second-order valence-electron chi connectivity index (χ2n) is 4.03. The molecule has 0 aliphatic carbocycles. The molecule has 0 rings (SSSR count). The van der Waals surface area contributed by atoms with Crippen LogP contribution in [0.1, 0.15) is 52.4 Å². The quantitative estimate of drug-likeness (QED) is 0.570. The van der Waals surface area contributed by atoms with Crippen molar-refractivity contribution in [3.05, 3.63) is 0 Å². The van der Waals surface area contributed by atoms with Gasteiger partial charge in [0, 0.05) is 0 Å². The highest BCUT2D eigenvalue weighted by Gasteiger charge is 2.05. The molecule has 0 fully saturated rings. The minimum Gasteiger partial charge on any atom is -0.480 e. The number of hydrogen-bond acceptors (Lipinski definition) is 2. The van der Waals surface area contributed by atoms with E-state index < -0.39 is 5.97 Å². The van der Waals surface area contributed by atoms with Gasteiger partial charge in [-0.3, -0.25) is 9.69 Å². The predicted molar refractivity (Wildman–Crippen MR) is 63.1 cm³/mol. The van der Waals surface area contributed by atoms with Crippen LogP contribution in [-0.4, -0.2) is 35.6 Å². The molecule has 0 amide bonds. The monoisotopic (exact) mass is 215 g/mol. The van der Waals surface area contributed by atoms with Crippen molar-refractivity contribution in [3.63, 3.8) is 0 Å². The summed E-state index contributed by atoms with van der Waals surface area (Å²) in [6.45, 7) is 6.17. The molecule has 1 N–H and O–H groups in total. The molecule has 0 heterocycles. The lowest BCUT2D eigenvalue weighted by Gasteiger charge is -2.17. The first kappa shape index (κ1) is 14.4. The molecule has 0 atom stereocenters. The Balaban J connectivity index is 3.34. The summed E-state index contributed by atoms with van der Waals surface area (Å²) < 4.78 is 0. The van der Waals surface area contributed by atoms with Crippen LogP contribution in [0.3, 0.4) is 0 Å². The van der Waals surface area contributed by atoms with E-state index in [0.717, 1.165) is 19.5 Å². The molecule has 3 heteroatoms. The molecule has 0 aliphatic heterocycles. The van der Waals surface area contributed by atoms with Crippen molar-refractivity contribution in [1.29, 1.82) is 0 Å². The summed E-state index contributed by atoms with van der Waals surface area (Å²) in [5.74, 6) is -0.720. The lowest BCUT2D eigenvalue weighted by atomic mass is 10.1. The first-order chi connectivity index (χ1) is 7.20. The summed E-state index contributed by atoms with van der Waals surface area (Å²) in [5.41, 5.74) is 0. The number of carboxylic acid groups (broad SMARTS) is 1. The minimum atomic E-state index is -0.720. The molecule has 0 aromatic carbocycles. The number of nitrogens with zero attached hydrogens (tertiary/aromatic N) is 1. The number of aliphatic carboxylic acids is 1. The van der Waals surface area contributed by atoms with E-state index >= 15 is 0 Å². The van der Waals surface area contributed by atoms with Gasteiger partial charge in [0.05, 0.1) is 6.54 Å². The van der Waals surface area contributed by atoms with Crippen LogP contribution < -0.4 is 0 Å². The van der Waals surface area contributed by atoms with Gasteiger partial charge in [-0.1, -0.05) is 46.0 Å². The Morgan fingerprint density at radius 3 is 2.20 bits per heavy atom. The maximum Gasteiger partial charge on any atom is 0.317 e. The van der Waals surface area contributed by atoms with Gasteiger partial charge in [-0.15, -0.1) is 0 Å². The molecule has 0 aliphatic rings. The Hall–Kier alpha value is -0.570. The first-order valence-corrected chi connectivity index (χ1v) is 6.14. The largest absolute Gasteiger partial charge is 0.480 e. The highest BCUT2D eigenvalue weighted by molar-refractivity contribution is 5.69. The molecular weight excluding hydrogens is 190 g/mol. The van der Waals surface area contributed by atoms with Crippen molar-refractivity contribution in [3.8, 4) is 0 Å². The van der Waals surface area contributed by atoms with Crippen molar-refractivity contribution < 1.29 is 9.90 Å². The van der Waals surface area contributed by atoms with Crippen LogP contribution in [0.2, 0.25) is 0 Å². The zero-order chi connectivity index (χ0) is 11.5. The highest BCUT2D eigenvalue weighted by atomic mass is 16.4. The second kappa shape index (κ2) is 9.97. The third-order valence-electron chi connectivity index (χ3n) is 2.63. The van der Waals surface area contributed by atoms with Crippen LogP contribution in [0.25, 0.3) is 0 Å². The Morgan fingerprint density at radius 2 is 1.67 bits per heavy atom. The Labute approximate surface area is 93.5 Å². The number of hydrogen-bond donors (Lipinski definition) is 1. The molecular formula is C12H25NO2. The lowest BCUT2D eigenvalue weighted by Crippen LogP contribution is -2.30. The predicted octanol–water partition coefficient (Wildman–Crippen LogP) is 2.75. The van der Waals surface area contributed by atoms with Gasteiger partial charge in [0.25, 0.3) is 0 Å². The molecule has 0 radical (unpaired) electrons. The van der Waals surface area contributed by atoms with E-state index in [0.29, 0.717) is 0 Å². The van der Waals surface area contributed by atoms with Gasteiger partial charge in [0.2, 0.25) is 0 Å². The molecule has 0 bridgehead atoms. The molecule has 15 heavy (non-hydrogen) atoms. The third kappa shape index (κ3) is 9.73. The van der Waals surface area contributed by atoms with Crippen molar-refractivity contribution in [2.45, 2.75) is 52.4 Å². The van der Waals surface area contributed by atoms with Gasteiger partial charge in [-0.05, 0) is 19.5 Å². The number of likely N-dealkylation sites (N-methyl/N-ethyl adjacent to an activating group) is 1. The summed E-state index contributed by atoms with van der Waals surface area (Å²) in [6.07, 6.45) is 7.58. The molecule has 0 saturated heterocycles. The minimum absolute atomic E-state index is 0.186. The smallest absolute Gasteiger partial charge is 0.317 e. The number of rotatable bonds is 10. The average molecular weight is 215 g/mol. The van der Waals surface area contributed by atoms with Crippen molar-refractivity contribution in [2.75, 3.05) is 19.6 Å². The summed E-state index contributed by atoms with van der Waals surface area (Å²) in [6, 6.07) is 0. The van der Waals surface area contributed by atoms with Crippen LogP contribution >= 0.6 is 0 Å². The van der Waals surface area contributed by atoms with Gasteiger partial charge in [0.1, 0.15) is 0 Å². The van der Waals surface area contributed by atoms with Gasteiger partial charge < -0.3 is 5.11 Å². The van der Waals surface area contributed by atoms with E-state index in [4.69, 9.17) is 5.11 Å². The van der Waals surface area contributed by atoms with Crippen LogP contribution in [0.4, 0.5) is 0 Å². The second-order valence-corrected chi connectivity index (χ2v) is 4.03. The number of carbonyl (C=O) groups is 1. The van der Waals surface area contributed by atoms with E-state index in [-0.39, 0.29) is 6.54 Å². The van der Waals surface area contributed by atoms with Gasteiger partial charge in [-0.2, -0.15) is 0 Å². The molecule has 90 valence electrons. The molecule has 0 spiro atoms. The SMILES string of the molecule is CCCCCCCCN(CC)CC(=O)O. The van der Waals surface area contributed by atoms with Crippen LogP contribution in [0, 0.1) is 0 Å². The number of carboxylic acids is 1. The van der Waals surface area contributed by atoms with E-state index in [1.165, 1.54) is 32.1 Å². The van der Waals surface area contributed by atoms with Gasteiger partial charge in [-0.25, -0.2) is 0 Å². The Kier molecular flexibility index (Phi) is 9.59. The molecule has 0 saturated carbocycles. The highest BCUT2D eigenvalue weighted by Crippen LogP contribution is 2.05. The number of unbranched alkanes of at least 4 members (excludes halogenated alkanes) is 5. The fourth-order valence-corrected chi connectivity index (χ4v) is 1.66. The summed E-state index contributed by atoms with van der Waals surface area (Å²) >= 11 is 0. The maximum atomic E-state index is 10.5. The van der Waals surface area contributed by atoms with Gasteiger partial charge in [0.15, 0.2) is 0 Å². The normalized spacial score (nSPS) is 10.9. The third-order valence-corrected chi connectivity index (χ3v) is 2.63. The molecule has 3 nitrogen and oxygen atoms in total. The Morgan fingerprint density at radius 1 is 1.07 bits per heavy atom. The van der Waals surface area contributed by atoms with E-state index in [2.05, 4.69) is 6.92 Å². The lowest BCUT2D eigenvalue weighted by molar-refractivity contribution is -0.138. The fourth-order valence-electron chi connectivity index (χ4n) is 1.66. The maximum absolute atomic E-state index is 10.5. The van der Waals surface area contributed by atoms with Crippen molar-refractivity contribution >= 4 is 5.97 Å². The average Bonchev–Trinajstić information content (AvgIpc) is 2.20. The van der Waals surface area contributed by atoms with E-state index in [1.807, 2.05) is 11.8 Å². The topological polar surface area (TPSA) is 40.5 Å². The summed E-state index contributed by atoms with van der Waals surface area (Å²) in [5, 5.41) is 8.65. The van der Waals surface area contributed by atoms with Crippen LogP contribution in [-0.2, 0) is 4.79 Å². The van der Waals surface area contributed by atoms with E-state index in [9.17, 15) is 4.79 Å². The zero-order valence-corrected chi connectivity index (χ0v) is 10.2. The van der Waals surface area contributed by atoms with Crippen LogP contribution in [0.15, 0.2) is 0 Å². The zero-order valence-electron chi connectivity index (χ0n) is 10.2. The summed E-state index contributed by atoms with van der Waals surface area (Å²) in [7, 11) is 0. The standard InChI is InChI=1S/C12H25NO2/c1-3-5-6-7-8-9-10-13(4-2)11-12(14)15/h3-11H2,1-2H3,(H,14,15). The van der Waals surface area contributed by atoms with Crippen LogP contribution in [0.5, 0.6) is 0 Å². The molecule has 0 aromatic heterocycles. The Bertz CT molecular complexity index is 160. The molecule has 0 unspecified atom stereocenters.